The quantitative estimate of drug-likeness (QED) is 0.852. The highest BCUT2D eigenvalue weighted by atomic mass is 16.2. The summed E-state index contributed by atoms with van der Waals surface area (Å²) in [4.78, 5) is 28.3. The van der Waals surface area contributed by atoms with Crippen LogP contribution in [0.15, 0.2) is 30.3 Å². The second-order valence-electron chi connectivity index (χ2n) is 6.96. The van der Waals surface area contributed by atoms with Gasteiger partial charge in [-0.05, 0) is 18.4 Å². The van der Waals surface area contributed by atoms with Gasteiger partial charge in [0.2, 0.25) is 5.91 Å². The molecule has 0 atom stereocenters. The molecule has 1 heterocycles. The van der Waals surface area contributed by atoms with E-state index in [1.807, 2.05) is 35.2 Å². The number of rotatable bonds is 5. The van der Waals surface area contributed by atoms with Gasteiger partial charge in [-0.25, -0.2) is 4.79 Å². The Bertz CT molecular complexity index is 564. The first-order valence-electron chi connectivity index (χ1n) is 9.29. The van der Waals surface area contributed by atoms with Crippen molar-refractivity contribution in [3.05, 3.63) is 35.9 Å². The van der Waals surface area contributed by atoms with E-state index in [1.165, 1.54) is 12.8 Å². The number of hydrogen-bond donors (Lipinski definition) is 2. The van der Waals surface area contributed by atoms with Crippen molar-refractivity contribution in [3.63, 3.8) is 0 Å². The predicted molar refractivity (Wildman–Crippen MR) is 97.1 cm³/mol. The fourth-order valence-electron chi connectivity index (χ4n) is 3.50. The summed E-state index contributed by atoms with van der Waals surface area (Å²) in [6.45, 7) is 3.82. The van der Waals surface area contributed by atoms with Crippen LogP contribution in [0.1, 0.15) is 31.2 Å². The van der Waals surface area contributed by atoms with Crippen LogP contribution in [0.3, 0.4) is 0 Å². The van der Waals surface area contributed by atoms with Crippen LogP contribution in [-0.2, 0) is 11.3 Å². The van der Waals surface area contributed by atoms with Crippen LogP contribution in [-0.4, -0.2) is 60.5 Å². The first-order chi connectivity index (χ1) is 12.2. The van der Waals surface area contributed by atoms with Gasteiger partial charge in [0.25, 0.3) is 0 Å². The van der Waals surface area contributed by atoms with Crippen LogP contribution in [0.5, 0.6) is 0 Å². The molecule has 0 aromatic heterocycles. The maximum atomic E-state index is 12.3. The SMILES string of the molecule is O=C(CN1CCN(C(=O)NC2CCCC2)CC1)NCc1ccccc1. The number of benzene rings is 1. The number of carbonyl (C=O) groups is 2. The molecular weight excluding hydrogens is 316 g/mol. The Morgan fingerprint density at radius 3 is 2.36 bits per heavy atom. The molecule has 6 nitrogen and oxygen atoms in total. The normalized spacial score (nSPS) is 19.0. The number of amides is 3. The monoisotopic (exact) mass is 344 g/mol. The molecule has 1 aromatic carbocycles. The lowest BCUT2D eigenvalue weighted by atomic mass is 10.2. The lowest BCUT2D eigenvalue weighted by Gasteiger charge is -2.34. The smallest absolute Gasteiger partial charge is 0.317 e. The molecule has 2 N–H and O–H groups in total. The Hall–Kier alpha value is -2.08. The molecule has 0 radical (unpaired) electrons. The second kappa shape index (κ2) is 8.85. The van der Waals surface area contributed by atoms with Gasteiger partial charge in [-0.2, -0.15) is 0 Å². The van der Waals surface area contributed by atoms with Crippen molar-refractivity contribution in [2.45, 2.75) is 38.3 Å². The molecule has 0 unspecified atom stereocenters. The third kappa shape index (κ3) is 5.46. The lowest BCUT2D eigenvalue weighted by molar-refractivity contribution is -0.122. The Morgan fingerprint density at radius 1 is 1.00 bits per heavy atom. The zero-order valence-electron chi connectivity index (χ0n) is 14.7. The summed E-state index contributed by atoms with van der Waals surface area (Å²) in [6.07, 6.45) is 4.65. The number of nitrogens with one attached hydrogen (secondary N) is 2. The maximum Gasteiger partial charge on any atom is 0.317 e. The maximum absolute atomic E-state index is 12.3. The van der Waals surface area contributed by atoms with Crippen molar-refractivity contribution >= 4 is 11.9 Å². The molecule has 2 fully saturated rings. The molecule has 6 heteroatoms. The van der Waals surface area contributed by atoms with Gasteiger partial charge in [-0.3, -0.25) is 9.69 Å². The molecule has 1 saturated carbocycles. The van der Waals surface area contributed by atoms with Crippen LogP contribution in [0.2, 0.25) is 0 Å². The van der Waals surface area contributed by atoms with Gasteiger partial charge in [0.05, 0.1) is 6.54 Å². The number of hydrogen-bond acceptors (Lipinski definition) is 3. The molecule has 1 aliphatic carbocycles. The predicted octanol–water partition coefficient (Wildman–Crippen LogP) is 1.57. The standard InChI is InChI=1S/C19H28N4O2/c24-18(20-14-16-6-2-1-3-7-16)15-22-10-12-23(13-11-22)19(25)21-17-8-4-5-9-17/h1-3,6-7,17H,4-5,8-15H2,(H,20,24)(H,21,25). The molecular formula is C19H28N4O2. The largest absolute Gasteiger partial charge is 0.351 e. The fraction of sp³-hybridized carbons (Fsp3) is 0.579. The van der Waals surface area contributed by atoms with Gasteiger partial charge in [0, 0.05) is 38.8 Å². The van der Waals surface area contributed by atoms with Crippen molar-refractivity contribution in [2.75, 3.05) is 32.7 Å². The second-order valence-corrected chi connectivity index (χ2v) is 6.96. The highest BCUT2D eigenvalue weighted by Gasteiger charge is 2.25. The highest BCUT2D eigenvalue weighted by molar-refractivity contribution is 5.78. The number of piperazine rings is 1. The van der Waals surface area contributed by atoms with E-state index < -0.39 is 0 Å². The minimum atomic E-state index is 0.0349. The van der Waals surface area contributed by atoms with Crippen molar-refractivity contribution in [2.24, 2.45) is 0 Å². The van der Waals surface area contributed by atoms with Gasteiger partial charge in [0.1, 0.15) is 0 Å². The van der Waals surface area contributed by atoms with Crippen LogP contribution in [0.25, 0.3) is 0 Å². The molecule has 25 heavy (non-hydrogen) atoms. The summed E-state index contributed by atoms with van der Waals surface area (Å²) in [6, 6.07) is 10.3. The first kappa shape index (κ1) is 17.7. The molecule has 1 aliphatic heterocycles. The van der Waals surface area contributed by atoms with Gasteiger partial charge < -0.3 is 15.5 Å². The van der Waals surface area contributed by atoms with Crippen LogP contribution >= 0.6 is 0 Å². The molecule has 1 aromatic rings. The van der Waals surface area contributed by atoms with E-state index in [2.05, 4.69) is 15.5 Å². The fourth-order valence-corrected chi connectivity index (χ4v) is 3.50. The van der Waals surface area contributed by atoms with E-state index >= 15 is 0 Å². The zero-order chi connectivity index (χ0) is 17.5. The summed E-state index contributed by atoms with van der Waals surface area (Å²) in [5.41, 5.74) is 1.10. The van der Waals surface area contributed by atoms with E-state index in [9.17, 15) is 9.59 Å². The van der Waals surface area contributed by atoms with Crippen LogP contribution in [0.4, 0.5) is 4.79 Å². The Labute approximate surface area is 149 Å². The van der Waals surface area contributed by atoms with Gasteiger partial charge >= 0.3 is 6.03 Å². The van der Waals surface area contributed by atoms with E-state index in [0.29, 0.717) is 32.2 Å². The molecule has 3 amide bonds. The first-order valence-corrected chi connectivity index (χ1v) is 9.29. The van der Waals surface area contributed by atoms with Crippen LogP contribution < -0.4 is 10.6 Å². The zero-order valence-corrected chi connectivity index (χ0v) is 14.7. The summed E-state index contributed by atoms with van der Waals surface area (Å²) in [7, 11) is 0. The minimum absolute atomic E-state index is 0.0349. The van der Waals surface area contributed by atoms with Gasteiger partial charge in [-0.15, -0.1) is 0 Å². The summed E-state index contributed by atoms with van der Waals surface area (Å²) in [5, 5.41) is 6.09. The van der Waals surface area contributed by atoms with Crippen LogP contribution in [0, 0.1) is 0 Å². The lowest BCUT2D eigenvalue weighted by Crippen LogP contribution is -2.54. The van der Waals surface area contributed by atoms with Gasteiger partial charge in [-0.1, -0.05) is 43.2 Å². The molecule has 2 aliphatic rings. The molecule has 3 rings (SSSR count). The highest BCUT2D eigenvalue weighted by Crippen LogP contribution is 2.18. The third-order valence-corrected chi connectivity index (χ3v) is 5.04. The van der Waals surface area contributed by atoms with Crippen molar-refractivity contribution in [3.8, 4) is 0 Å². The minimum Gasteiger partial charge on any atom is -0.351 e. The molecule has 1 saturated heterocycles. The van der Waals surface area contributed by atoms with Crippen molar-refractivity contribution in [1.82, 2.24) is 20.4 Å². The Morgan fingerprint density at radius 2 is 1.68 bits per heavy atom. The number of carbonyl (C=O) groups excluding carboxylic acids is 2. The summed E-state index contributed by atoms with van der Waals surface area (Å²) in [5.74, 6) is 0.0349. The number of nitrogens with zero attached hydrogens (tertiary/aromatic N) is 2. The summed E-state index contributed by atoms with van der Waals surface area (Å²) < 4.78 is 0. The van der Waals surface area contributed by atoms with Crippen molar-refractivity contribution < 1.29 is 9.59 Å². The average Bonchev–Trinajstić information content (AvgIpc) is 3.14. The topological polar surface area (TPSA) is 64.7 Å². The number of urea groups is 1. The summed E-state index contributed by atoms with van der Waals surface area (Å²) >= 11 is 0. The average molecular weight is 344 g/mol. The Kier molecular flexibility index (Phi) is 6.28. The van der Waals surface area contributed by atoms with Gasteiger partial charge in [0.15, 0.2) is 0 Å². The molecule has 0 bridgehead atoms. The molecule has 0 spiro atoms. The van der Waals surface area contributed by atoms with E-state index in [1.54, 1.807) is 0 Å². The van der Waals surface area contributed by atoms with Crippen molar-refractivity contribution in [1.29, 1.82) is 0 Å². The van der Waals surface area contributed by atoms with E-state index in [0.717, 1.165) is 31.5 Å². The molecule has 136 valence electrons. The van der Waals surface area contributed by atoms with E-state index in [-0.39, 0.29) is 11.9 Å². The third-order valence-electron chi connectivity index (χ3n) is 5.04. The Balaban J connectivity index is 1.34. The van der Waals surface area contributed by atoms with E-state index in [4.69, 9.17) is 0 Å².